The van der Waals surface area contributed by atoms with E-state index < -0.39 is 0 Å². The van der Waals surface area contributed by atoms with Gasteiger partial charge in [0, 0.05) is 35.6 Å². The van der Waals surface area contributed by atoms with Crippen LogP contribution in [0.4, 0.5) is 0 Å². The first kappa shape index (κ1) is 19.6. The van der Waals surface area contributed by atoms with Gasteiger partial charge in [0.1, 0.15) is 11.5 Å². The first-order valence-electron chi connectivity index (χ1n) is 9.58. The number of aryl methyl sites for hydroxylation is 2. The van der Waals surface area contributed by atoms with Crippen LogP contribution in [0.3, 0.4) is 0 Å². The number of nitrogens with zero attached hydrogens (tertiary/aromatic N) is 3. The van der Waals surface area contributed by atoms with Gasteiger partial charge in [-0.15, -0.1) is 0 Å². The Bertz CT molecular complexity index is 1020. The van der Waals surface area contributed by atoms with E-state index in [9.17, 15) is 4.79 Å². The topological polar surface area (TPSA) is 59.4 Å². The molecule has 0 bridgehead atoms. The van der Waals surface area contributed by atoms with Gasteiger partial charge in [0.15, 0.2) is 0 Å². The lowest BCUT2D eigenvalue weighted by atomic mass is 10.1. The normalized spacial score (nSPS) is 14.7. The molecule has 0 radical (unpaired) electrons. The van der Waals surface area contributed by atoms with E-state index in [-0.39, 0.29) is 5.91 Å². The predicted octanol–water partition coefficient (Wildman–Crippen LogP) is 3.79. The number of benzene rings is 2. The Hall–Kier alpha value is -2.67. The van der Waals surface area contributed by atoms with Crippen molar-refractivity contribution in [3.8, 4) is 17.1 Å². The van der Waals surface area contributed by atoms with Gasteiger partial charge >= 0.3 is 0 Å². The van der Waals surface area contributed by atoms with Crippen molar-refractivity contribution < 1.29 is 9.53 Å². The Morgan fingerprint density at radius 2 is 1.83 bits per heavy atom. The number of imidazole rings is 1. The summed E-state index contributed by atoms with van der Waals surface area (Å²) in [5.74, 6) is 0.488. The Morgan fingerprint density at radius 1 is 1.10 bits per heavy atom. The smallest absolute Gasteiger partial charge is 0.285 e. The average Bonchev–Trinajstić information content (AvgIpc) is 3.14. The zero-order valence-electron chi connectivity index (χ0n) is 16.5. The van der Waals surface area contributed by atoms with Crippen LogP contribution in [0.15, 0.2) is 48.7 Å². The summed E-state index contributed by atoms with van der Waals surface area (Å²) in [6.45, 7) is 6.64. The minimum absolute atomic E-state index is 0.231. The summed E-state index contributed by atoms with van der Waals surface area (Å²) in [6.07, 6.45) is 1.77. The van der Waals surface area contributed by atoms with Crippen LogP contribution in [0, 0.1) is 13.8 Å². The number of hydrazine groups is 1. The number of ether oxygens (including phenoxy) is 1. The molecular formula is C22H23ClN4O2. The second-order valence-electron chi connectivity index (χ2n) is 7.15. The monoisotopic (exact) mass is 410 g/mol. The van der Waals surface area contributed by atoms with Gasteiger partial charge in [-0.1, -0.05) is 35.4 Å². The summed E-state index contributed by atoms with van der Waals surface area (Å²) in [7, 11) is 0. The summed E-state index contributed by atoms with van der Waals surface area (Å²) in [6, 6.07) is 13.7. The standard InChI is InChI=1S/C22H23ClN4O2/c1-15-3-8-19(16(2)13-15)21-24-20(22(28)25-26-9-11-29-12-10-26)14-27(21)18-6-4-17(23)5-7-18/h3-8,13-14H,9-12H2,1-2H3,(H,25,28). The molecule has 1 fully saturated rings. The van der Waals surface area contributed by atoms with Crippen LogP contribution in [0.2, 0.25) is 5.02 Å². The average molecular weight is 411 g/mol. The number of carbonyl (C=O) groups excluding carboxylic acids is 1. The van der Waals surface area contributed by atoms with E-state index in [1.807, 2.05) is 39.9 Å². The SMILES string of the molecule is Cc1ccc(-c2nc(C(=O)NN3CCOCC3)cn2-c2ccc(Cl)cc2)c(C)c1. The Morgan fingerprint density at radius 3 is 2.52 bits per heavy atom. The Kier molecular flexibility index (Phi) is 5.67. The predicted molar refractivity (Wildman–Crippen MR) is 113 cm³/mol. The van der Waals surface area contributed by atoms with Crippen molar-refractivity contribution in [1.82, 2.24) is 20.0 Å². The molecule has 3 aromatic rings. The first-order valence-corrected chi connectivity index (χ1v) is 9.96. The van der Waals surface area contributed by atoms with E-state index in [0.717, 1.165) is 22.6 Å². The summed E-state index contributed by atoms with van der Waals surface area (Å²) in [5, 5.41) is 2.52. The van der Waals surface area contributed by atoms with Crippen molar-refractivity contribution in [1.29, 1.82) is 0 Å². The molecule has 0 spiro atoms. The minimum Gasteiger partial charge on any atom is -0.379 e. The van der Waals surface area contributed by atoms with Gasteiger partial charge in [0.2, 0.25) is 0 Å². The summed E-state index contributed by atoms with van der Waals surface area (Å²) >= 11 is 6.06. The third-order valence-electron chi connectivity index (χ3n) is 4.94. The third kappa shape index (κ3) is 4.34. The van der Waals surface area contributed by atoms with Crippen molar-refractivity contribution in [3.63, 3.8) is 0 Å². The molecular weight excluding hydrogens is 388 g/mol. The number of amides is 1. The highest BCUT2D eigenvalue weighted by molar-refractivity contribution is 6.30. The van der Waals surface area contributed by atoms with Crippen LogP contribution in [-0.2, 0) is 4.74 Å². The minimum atomic E-state index is -0.231. The van der Waals surface area contributed by atoms with Gasteiger partial charge in [0.05, 0.1) is 13.2 Å². The van der Waals surface area contributed by atoms with Crippen LogP contribution >= 0.6 is 11.6 Å². The molecule has 1 saturated heterocycles. The molecule has 1 aliphatic heterocycles. The highest BCUT2D eigenvalue weighted by Gasteiger charge is 2.20. The van der Waals surface area contributed by atoms with Crippen LogP contribution in [-0.4, -0.2) is 46.8 Å². The fraction of sp³-hybridized carbons (Fsp3) is 0.273. The van der Waals surface area contributed by atoms with Crippen LogP contribution in [0.1, 0.15) is 21.6 Å². The fourth-order valence-electron chi connectivity index (χ4n) is 3.42. The number of hydrogen-bond donors (Lipinski definition) is 1. The number of aromatic nitrogens is 2. The Labute approximate surface area is 175 Å². The molecule has 0 saturated carbocycles. The number of nitrogens with one attached hydrogen (secondary N) is 1. The van der Waals surface area contributed by atoms with E-state index in [4.69, 9.17) is 21.3 Å². The lowest BCUT2D eigenvalue weighted by Gasteiger charge is -2.26. The summed E-state index contributed by atoms with van der Waals surface area (Å²) < 4.78 is 7.27. The molecule has 29 heavy (non-hydrogen) atoms. The van der Waals surface area contributed by atoms with Crippen molar-refractivity contribution in [2.45, 2.75) is 13.8 Å². The van der Waals surface area contributed by atoms with Gasteiger partial charge in [-0.3, -0.25) is 14.8 Å². The summed E-state index contributed by atoms with van der Waals surface area (Å²) in [4.78, 5) is 17.5. The molecule has 2 heterocycles. The second kappa shape index (κ2) is 8.37. The number of rotatable bonds is 4. The van der Waals surface area contributed by atoms with E-state index in [0.29, 0.717) is 37.0 Å². The van der Waals surface area contributed by atoms with Gasteiger partial charge in [-0.05, 0) is 43.7 Å². The molecule has 1 aliphatic rings. The van der Waals surface area contributed by atoms with Crippen molar-refractivity contribution in [3.05, 3.63) is 70.5 Å². The van der Waals surface area contributed by atoms with E-state index in [2.05, 4.69) is 31.4 Å². The molecule has 1 N–H and O–H groups in total. The first-order chi connectivity index (χ1) is 14.0. The number of carbonyl (C=O) groups is 1. The maximum atomic E-state index is 12.8. The van der Waals surface area contributed by atoms with Gasteiger partial charge in [-0.2, -0.15) is 0 Å². The molecule has 0 aliphatic carbocycles. The lowest BCUT2D eigenvalue weighted by molar-refractivity contribution is 0.0125. The molecule has 7 heteroatoms. The quantitative estimate of drug-likeness (QED) is 0.711. The van der Waals surface area contributed by atoms with Gasteiger partial charge in [0.25, 0.3) is 5.91 Å². The Balaban J connectivity index is 1.73. The fourth-order valence-corrected chi connectivity index (χ4v) is 3.54. The van der Waals surface area contributed by atoms with Gasteiger partial charge in [-0.25, -0.2) is 9.99 Å². The molecule has 150 valence electrons. The highest BCUT2D eigenvalue weighted by atomic mass is 35.5. The van der Waals surface area contributed by atoms with E-state index in [1.54, 1.807) is 6.20 Å². The molecule has 1 aromatic heterocycles. The van der Waals surface area contributed by atoms with Crippen LogP contribution in [0.5, 0.6) is 0 Å². The largest absolute Gasteiger partial charge is 0.379 e. The van der Waals surface area contributed by atoms with E-state index >= 15 is 0 Å². The third-order valence-corrected chi connectivity index (χ3v) is 5.19. The van der Waals surface area contributed by atoms with Crippen molar-refractivity contribution >= 4 is 17.5 Å². The maximum Gasteiger partial charge on any atom is 0.285 e. The van der Waals surface area contributed by atoms with E-state index in [1.165, 1.54) is 5.56 Å². The van der Waals surface area contributed by atoms with Crippen LogP contribution in [0.25, 0.3) is 17.1 Å². The lowest BCUT2D eigenvalue weighted by Crippen LogP contribution is -2.48. The number of halogens is 1. The number of hydrogen-bond acceptors (Lipinski definition) is 4. The van der Waals surface area contributed by atoms with Crippen molar-refractivity contribution in [2.75, 3.05) is 26.3 Å². The van der Waals surface area contributed by atoms with Crippen LogP contribution < -0.4 is 5.43 Å². The zero-order valence-corrected chi connectivity index (χ0v) is 17.2. The maximum absolute atomic E-state index is 12.8. The highest BCUT2D eigenvalue weighted by Crippen LogP contribution is 2.27. The molecule has 1 amide bonds. The van der Waals surface area contributed by atoms with Gasteiger partial charge < -0.3 is 4.74 Å². The molecule has 6 nitrogen and oxygen atoms in total. The molecule has 2 aromatic carbocycles. The molecule has 0 unspecified atom stereocenters. The molecule has 0 atom stereocenters. The number of morpholine rings is 1. The van der Waals surface area contributed by atoms with Crippen molar-refractivity contribution in [2.24, 2.45) is 0 Å². The molecule has 4 rings (SSSR count). The summed E-state index contributed by atoms with van der Waals surface area (Å²) in [5.41, 5.74) is 7.45. The zero-order chi connectivity index (χ0) is 20.4. The second-order valence-corrected chi connectivity index (χ2v) is 7.59.